The second kappa shape index (κ2) is 6.26. The number of carbonyl (C=O) groups is 1. The van der Waals surface area contributed by atoms with Crippen LogP contribution in [0.1, 0.15) is 26.0 Å². The summed E-state index contributed by atoms with van der Waals surface area (Å²) in [6.45, 7) is 3.24. The second-order valence-corrected chi connectivity index (χ2v) is 4.86. The van der Waals surface area contributed by atoms with Crippen LogP contribution in [-0.4, -0.2) is 21.0 Å². The molecule has 0 saturated carbocycles. The van der Waals surface area contributed by atoms with E-state index in [0.717, 1.165) is 36.5 Å². The van der Waals surface area contributed by atoms with Crippen molar-refractivity contribution in [1.82, 2.24) is 9.97 Å². The lowest BCUT2D eigenvalue weighted by molar-refractivity contribution is -0.134. The molecule has 3 aromatic rings. The summed E-state index contributed by atoms with van der Waals surface area (Å²) in [5.74, 6) is -0.243. The van der Waals surface area contributed by atoms with Gasteiger partial charge in [0.2, 0.25) is 0 Å². The first-order valence-corrected chi connectivity index (χ1v) is 6.88. The zero-order valence-electron chi connectivity index (χ0n) is 12.2. The van der Waals surface area contributed by atoms with Crippen molar-refractivity contribution in [3.63, 3.8) is 0 Å². The smallest absolute Gasteiger partial charge is 0.300 e. The Morgan fingerprint density at radius 3 is 2.67 bits per heavy atom. The molecule has 0 fully saturated rings. The fraction of sp³-hybridized carbons (Fsp3) is 0.250. The number of nitrogens with two attached hydrogens (primary N) is 1. The van der Waals surface area contributed by atoms with Crippen molar-refractivity contribution in [2.75, 3.05) is 5.73 Å². The molecule has 1 aromatic carbocycles. The van der Waals surface area contributed by atoms with Crippen molar-refractivity contribution in [3.05, 3.63) is 36.0 Å². The Morgan fingerprint density at radius 1 is 1.33 bits per heavy atom. The van der Waals surface area contributed by atoms with Crippen LogP contribution in [0, 0.1) is 0 Å². The zero-order chi connectivity index (χ0) is 15.4. The van der Waals surface area contributed by atoms with Gasteiger partial charge in [0, 0.05) is 29.3 Å². The van der Waals surface area contributed by atoms with E-state index in [9.17, 15) is 0 Å². The lowest BCUT2D eigenvalue weighted by atomic mass is 10.1. The Balaban J connectivity index is 0.000000361. The number of hydrogen-bond acceptors (Lipinski definition) is 3. The van der Waals surface area contributed by atoms with Gasteiger partial charge in [-0.25, -0.2) is 4.98 Å². The minimum atomic E-state index is -0.833. The topological polar surface area (TPSA) is 92.0 Å². The molecule has 0 aliphatic heterocycles. The van der Waals surface area contributed by atoms with Crippen LogP contribution in [0.5, 0.6) is 0 Å². The molecule has 0 radical (unpaired) electrons. The second-order valence-electron chi connectivity index (χ2n) is 4.86. The number of nitrogens with zero attached hydrogens (tertiary/aromatic N) is 1. The molecule has 2 aromatic heterocycles. The Bertz CT molecular complexity index is 774. The van der Waals surface area contributed by atoms with Gasteiger partial charge in [-0.3, -0.25) is 4.79 Å². The summed E-state index contributed by atoms with van der Waals surface area (Å²) in [6, 6.07) is 10.2. The Labute approximate surface area is 122 Å². The van der Waals surface area contributed by atoms with Crippen LogP contribution in [0.4, 0.5) is 5.82 Å². The monoisotopic (exact) mass is 285 g/mol. The molecule has 3 rings (SSSR count). The standard InChI is InChI=1S/C14H15N3.C2H4O2/c1-2-5-11-14-9-6-3-4-7-10(9)16-12(14)8-13(15)17-11;1-2(3)4/h3-4,6-8,16H,2,5H2,1H3,(H2,15,17);1H3,(H,3,4). The summed E-state index contributed by atoms with van der Waals surface area (Å²) < 4.78 is 0. The van der Waals surface area contributed by atoms with Crippen molar-refractivity contribution in [1.29, 1.82) is 0 Å². The van der Waals surface area contributed by atoms with Gasteiger partial charge in [0.1, 0.15) is 5.82 Å². The van der Waals surface area contributed by atoms with Gasteiger partial charge in [-0.1, -0.05) is 31.5 Å². The molecule has 5 heteroatoms. The minimum absolute atomic E-state index is 0.590. The highest BCUT2D eigenvalue weighted by atomic mass is 16.4. The van der Waals surface area contributed by atoms with Crippen molar-refractivity contribution < 1.29 is 9.90 Å². The largest absolute Gasteiger partial charge is 0.481 e. The molecule has 5 nitrogen and oxygen atoms in total. The molecule has 2 heterocycles. The maximum atomic E-state index is 9.00. The summed E-state index contributed by atoms with van der Waals surface area (Å²) >= 11 is 0. The Morgan fingerprint density at radius 2 is 2.00 bits per heavy atom. The molecule has 0 spiro atoms. The molecule has 0 atom stereocenters. The van der Waals surface area contributed by atoms with E-state index in [2.05, 4.69) is 35.1 Å². The van der Waals surface area contributed by atoms with Gasteiger partial charge >= 0.3 is 0 Å². The van der Waals surface area contributed by atoms with Crippen LogP contribution in [-0.2, 0) is 11.2 Å². The predicted molar refractivity (Wildman–Crippen MR) is 85.3 cm³/mol. The lowest BCUT2D eigenvalue weighted by Crippen LogP contribution is -1.96. The van der Waals surface area contributed by atoms with Crippen LogP contribution in [0.15, 0.2) is 30.3 Å². The number of nitrogens with one attached hydrogen (secondary N) is 1. The molecular formula is C16H19N3O2. The number of para-hydroxylation sites is 1. The number of nitrogen functional groups attached to an aromatic ring is 1. The molecule has 0 aliphatic carbocycles. The summed E-state index contributed by atoms with van der Waals surface area (Å²) in [7, 11) is 0. The van der Waals surface area contributed by atoms with Crippen molar-refractivity contribution in [2.45, 2.75) is 26.7 Å². The predicted octanol–water partition coefficient (Wildman–Crippen LogP) is 3.34. The number of carboxylic acid groups (broad SMARTS) is 1. The van der Waals surface area contributed by atoms with Crippen LogP contribution < -0.4 is 5.73 Å². The third kappa shape index (κ3) is 3.31. The van der Waals surface area contributed by atoms with E-state index >= 15 is 0 Å². The first kappa shape index (κ1) is 14.8. The highest BCUT2D eigenvalue weighted by molar-refractivity contribution is 6.08. The molecular weight excluding hydrogens is 266 g/mol. The van der Waals surface area contributed by atoms with E-state index in [1.807, 2.05) is 12.1 Å². The average Bonchev–Trinajstić information content (AvgIpc) is 2.76. The normalized spacial score (nSPS) is 10.4. The van der Waals surface area contributed by atoms with E-state index in [-0.39, 0.29) is 0 Å². The number of carboxylic acids is 1. The number of pyridine rings is 1. The number of aliphatic carboxylic acids is 1. The number of aromatic amines is 1. The summed E-state index contributed by atoms with van der Waals surface area (Å²) in [6.07, 6.45) is 2.04. The number of benzene rings is 1. The Hall–Kier alpha value is -2.56. The van der Waals surface area contributed by atoms with Gasteiger partial charge in [-0.15, -0.1) is 0 Å². The molecule has 0 bridgehead atoms. The quantitative estimate of drug-likeness (QED) is 0.673. The number of H-pyrrole nitrogens is 1. The van der Waals surface area contributed by atoms with Gasteiger partial charge in [-0.05, 0) is 12.5 Å². The van der Waals surface area contributed by atoms with Crippen molar-refractivity contribution in [2.24, 2.45) is 0 Å². The highest BCUT2D eigenvalue weighted by Crippen LogP contribution is 2.29. The van der Waals surface area contributed by atoms with Gasteiger partial charge in [-0.2, -0.15) is 0 Å². The lowest BCUT2D eigenvalue weighted by Gasteiger charge is -2.03. The maximum Gasteiger partial charge on any atom is 0.300 e. The van der Waals surface area contributed by atoms with Crippen LogP contribution in [0.25, 0.3) is 21.8 Å². The fourth-order valence-corrected chi connectivity index (χ4v) is 2.39. The van der Waals surface area contributed by atoms with E-state index in [4.69, 9.17) is 15.6 Å². The average molecular weight is 285 g/mol. The molecule has 0 unspecified atom stereocenters. The zero-order valence-corrected chi connectivity index (χ0v) is 12.2. The Kier molecular flexibility index (Phi) is 4.42. The van der Waals surface area contributed by atoms with E-state index in [1.54, 1.807) is 0 Å². The molecule has 21 heavy (non-hydrogen) atoms. The number of rotatable bonds is 2. The summed E-state index contributed by atoms with van der Waals surface area (Å²) in [4.78, 5) is 16.9. The third-order valence-electron chi connectivity index (χ3n) is 3.07. The molecule has 0 amide bonds. The third-order valence-corrected chi connectivity index (χ3v) is 3.07. The molecule has 0 saturated heterocycles. The van der Waals surface area contributed by atoms with Crippen molar-refractivity contribution >= 4 is 33.6 Å². The minimum Gasteiger partial charge on any atom is -0.481 e. The van der Waals surface area contributed by atoms with E-state index in [0.29, 0.717) is 5.82 Å². The first-order valence-electron chi connectivity index (χ1n) is 6.88. The fourth-order valence-electron chi connectivity index (χ4n) is 2.39. The number of aromatic nitrogens is 2. The number of aryl methyl sites for hydroxylation is 1. The van der Waals surface area contributed by atoms with Crippen molar-refractivity contribution in [3.8, 4) is 0 Å². The molecule has 0 aliphatic rings. The van der Waals surface area contributed by atoms with Crippen LogP contribution in [0.3, 0.4) is 0 Å². The molecule has 4 N–H and O–H groups in total. The summed E-state index contributed by atoms with van der Waals surface area (Å²) in [5, 5.41) is 9.87. The number of fused-ring (bicyclic) bond motifs is 3. The first-order chi connectivity index (χ1) is 10.0. The molecule has 110 valence electrons. The van der Waals surface area contributed by atoms with Gasteiger partial charge in [0.25, 0.3) is 5.97 Å². The van der Waals surface area contributed by atoms with Gasteiger partial charge in [0.15, 0.2) is 0 Å². The van der Waals surface area contributed by atoms with Crippen LogP contribution in [0.2, 0.25) is 0 Å². The van der Waals surface area contributed by atoms with E-state index in [1.165, 1.54) is 10.8 Å². The SMILES string of the molecule is CC(=O)O.CCCc1nc(N)cc2[nH]c3ccccc3c12. The number of hydrogen-bond donors (Lipinski definition) is 3. The number of anilines is 1. The van der Waals surface area contributed by atoms with Gasteiger partial charge < -0.3 is 15.8 Å². The summed E-state index contributed by atoms with van der Waals surface area (Å²) in [5.41, 5.74) is 9.17. The van der Waals surface area contributed by atoms with Crippen LogP contribution >= 0.6 is 0 Å². The highest BCUT2D eigenvalue weighted by Gasteiger charge is 2.10. The van der Waals surface area contributed by atoms with Gasteiger partial charge in [0.05, 0.1) is 11.2 Å². The van der Waals surface area contributed by atoms with E-state index < -0.39 is 5.97 Å². The maximum absolute atomic E-state index is 9.00.